The number of alkyl halides is 2. The molecular formula is C31H36F2N6O2S. The van der Waals surface area contributed by atoms with Gasteiger partial charge in [-0.25, -0.2) is 32.2 Å². The van der Waals surface area contributed by atoms with Crippen molar-refractivity contribution >= 4 is 26.8 Å². The number of nitrogens with zero attached hydrogens (tertiary/aromatic N) is 5. The van der Waals surface area contributed by atoms with Crippen LogP contribution in [0.4, 0.5) is 14.7 Å². The Morgan fingerprint density at radius 3 is 2.31 bits per heavy atom. The van der Waals surface area contributed by atoms with Crippen molar-refractivity contribution in [2.75, 3.05) is 19.4 Å². The van der Waals surface area contributed by atoms with Crippen molar-refractivity contribution in [1.82, 2.24) is 24.8 Å². The Bertz CT molecular complexity index is 1670. The van der Waals surface area contributed by atoms with Crippen molar-refractivity contribution in [2.45, 2.75) is 69.5 Å². The van der Waals surface area contributed by atoms with Gasteiger partial charge in [0.05, 0.1) is 29.1 Å². The first kappa shape index (κ1) is 29.9. The summed E-state index contributed by atoms with van der Waals surface area (Å²) in [6.07, 6.45) is 2.72. The molecule has 0 radical (unpaired) electrons. The molecule has 1 N–H and O–H groups in total. The van der Waals surface area contributed by atoms with Crippen LogP contribution < -0.4 is 5.32 Å². The van der Waals surface area contributed by atoms with Crippen LogP contribution in [-0.4, -0.2) is 59.4 Å². The lowest BCUT2D eigenvalue weighted by atomic mass is 9.91. The molecule has 0 amide bonds. The summed E-state index contributed by atoms with van der Waals surface area (Å²) in [4.78, 5) is 20.1. The summed E-state index contributed by atoms with van der Waals surface area (Å²) in [5, 5.41) is 3.32. The predicted molar refractivity (Wildman–Crippen MR) is 161 cm³/mol. The number of nitrogens with one attached hydrogen (secondary N) is 1. The van der Waals surface area contributed by atoms with Crippen LogP contribution in [0.5, 0.6) is 0 Å². The van der Waals surface area contributed by atoms with E-state index in [9.17, 15) is 17.2 Å². The van der Waals surface area contributed by atoms with Gasteiger partial charge in [-0.3, -0.25) is 4.98 Å². The normalized spacial score (nSPS) is 17.7. The van der Waals surface area contributed by atoms with E-state index in [2.05, 4.69) is 44.2 Å². The van der Waals surface area contributed by atoms with Crippen LogP contribution in [0.25, 0.3) is 22.3 Å². The first-order chi connectivity index (χ1) is 20.0. The number of hydrogen-bond acceptors (Lipinski definition) is 8. The number of fused-ring (bicyclic) bond motifs is 1. The summed E-state index contributed by atoms with van der Waals surface area (Å²) < 4.78 is 54.2. The summed E-state index contributed by atoms with van der Waals surface area (Å²) in [6.45, 7) is 3.66. The molecule has 3 aromatic heterocycles. The second kappa shape index (κ2) is 12.3. The van der Waals surface area contributed by atoms with Gasteiger partial charge in [-0.15, -0.1) is 0 Å². The zero-order chi connectivity index (χ0) is 30.0. The first-order valence-electron chi connectivity index (χ1n) is 14.1. The second-order valence-corrected chi connectivity index (χ2v) is 13.5. The molecular weight excluding hydrogens is 558 g/mol. The molecule has 11 heteroatoms. The highest BCUT2D eigenvalue weighted by Crippen LogP contribution is 2.32. The maximum atomic E-state index is 14.3. The fourth-order valence-corrected chi connectivity index (χ4v) is 6.93. The minimum atomic E-state index is -3.47. The molecule has 1 aliphatic rings. The van der Waals surface area contributed by atoms with E-state index in [0.717, 1.165) is 31.2 Å². The van der Waals surface area contributed by atoms with Crippen LogP contribution in [0.2, 0.25) is 0 Å². The highest BCUT2D eigenvalue weighted by Gasteiger charge is 2.24. The maximum absolute atomic E-state index is 14.3. The molecule has 42 heavy (non-hydrogen) atoms. The lowest BCUT2D eigenvalue weighted by Gasteiger charge is -2.32. The van der Waals surface area contributed by atoms with Gasteiger partial charge >= 0.3 is 0 Å². The fourth-order valence-electron chi connectivity index (χ4n) is 5.52. The Balaban J connectivity index is 1.36. The number of anilines is 1. The lowest BCUT2D eigenvalue weighted by molar-refractivity contribution is 0.153. The third-order valence-corrected chi connectivity index (χ3v) is 9.37. The molecule has 0 unspecified atom stereocenters. The molecule has 8 nitrogen and oxygen atoms in total. The monoisotopic (exact) mass is 594 g/mol. The highest BCUT2D eigenvalue weighted by molar-refractivity contribution is 7.89. The average molecular weight is 595 g/mol. The van der Waals surface area contributed by atoms with Crippen LogP contribution in [0, 0.1) is 13.8 Å². The average Bonchev–Trinajstić information content (AvgIpc) is 2.93. The number of benzene rings is 1. The SMILES string of the molecule is Cc1ccc(CS(=O)(=O)Cc2ccc(-c3cc(C(F)F)c4nc(NC5CCC(N(C)C)CC5)ncc4n3)c(C)n2)cc1. The Morgan fingerprint density at radius 2 is 1.67 bits per heavy atom. The van der Waals surface area contributed by atoms with Gasteiger partial charge < -0.3 is 10.2 Å². The smallest absolute Gasteiger partial charge is 0.266 e. The van der Waals surface area contributed by atoms with Crippen LogP contribution in [0.3, 0.4) is 0 Å². The Morgan fingerprint density at radius 1 is 0.952 bits per heavy atom. The molecule has 0 spiro atoms. The molecule has 4 aromatic rings. The Hall–Kier alpha value is -3.57. The lowest BCUT2D eigenvalue weighted by Crippen LogP contribution is -2.36. The van der Waals surface area contributed by atoms with E-state index in [1.54, 1.807) is 31.2 Å². The molecule has 1 fully saturated rings. The zero-order valence-corrected chi connectivity index (χ0v) is 25.1. The molecule has 222 valence electrons. The quantitative estimate of drug-likeness (QED) is 0.250. The van der Waals surface area contributed by atoms with Gasteiger partial charge in [0.2, 0.25) is 5.95 Å². The van der Waals surface area contributed by atoms with E-state index in [-0.39, 0.29) is 34.1 Å². The maximum Gasteiger partial charge on any atom is 0.266 e. The van der Waals surface area contributed by atoms with Crippen LogP contribution >= 0.6 is 0 Å². The van der Waals surface area contributed by atoms with Gasteiger partial charge in [0.1, 0.15) is 11.0 Å². The molecule has 0 atom stereocenters. The standard InChI is InChI=1S/C31H36F2N6O2S/c1-19-5-7-21(8-6-19)17-42(40,41)18-23-11-14-25(20(2)35-23)27-15-26(30(32)33)29-28(37-27)16-34-31(38-29)36-22-9-12-24(13-10-22)39(3)4/h5-8,11,14-16,22,24,30H,9-10,12-13,17-18H2,1-4H3,(H,34,36,38). The second-order valence-electron chi connectivity index (χ2n) is 11.4. The third-order valence-electron chi connectivity index (χ3n) is 7.87. The van der Waals surface area contributed by atoms with Gasteiger partial charge in [0, 0.05) is 28.9 Å². The van der Waals surface area contributed by atoms with Gasteiger partial charge in [-0.2, -0.15) is 0 Å². The Kier molecular flexibility index (Phi) is 8.79. The fraction of sp³-hybridized carbons (Fsp3) is 0.419. The van der Waals surface area contributed by atoms with E-state index in [4.69, 9.17) is 0 Å². The van der Waals surface area contributed by atoms with Gasteiger partial charge in [-0.1, -0.05) is 29.8 Å². The van der Waals surface area contributed by atoms with Crippen molar-refractivity contribution in [1.29, 1.82) is 0 Å². The predicted octanol–water partition coefficient (Wildman–Crippen LogP) is 6.04. The van der Waals surface area contributed by atoms with Crippen LogP contribution in [-0.2, 0) is 21.3 Å². The molecule has 3 heterocycles. The van der Waals surface area contributed by atoms with Crippen molar-refractivity contribution in [3.63, 3.8) is 0 Å². The number of sulfone groups is 1. The summed E-state index contributed by atoms with van der Waals surface area (Å²) in [7, 11) is 0.706. The van der Waals surface area contributed by atoms with E-state index < -0.39 is 16.3 Å². The Labute approximate surface area is 245 Å². The number of pyridine rings is 2. The first-order valence-corrected chi connectivity index (χ1v) is 15.9. The molecule has 0 saturated heterocycles. The largest absolute Gasteiger partial charge is 0.351 e. The number of aromatic nitrogens is 4. The highest BCUT2D eigenvalue weighted by atomic mass is 32.2. The summed E-state index contributed by atoms with van der Waals surface area (Å²) >= 11 is 0. The number of hydrogen-bond donors (Lipinski definition) is 1. The van der Waals surface area contributed by atoms with Crippen molar-refractivity contribution in [2.24, 2.45) is 0 Å². The van der Waals surface area contributed by atoms with Crippen molar-refractivity contribution < 1.29 is 17.2 Å². The third kappa shape index (κ3) is 7.07. The van der Waals surface area contributed by atoms with Gasteiger partial charge in [0.15, 0.2) is 9.84 Å². The van der Waals surface area contributed by atoms with E-state index in [0.29, 0.717) is 40.2 Å². The molecule has 1 aliphatic carbocycles. The zero-order valence-electron chi connectivity index (χ0n) is 24.3. The molecule has 1 saturated carbocycles. The van der Waals surface area contributed by atoms with E-state index in [1.807, 2.05) is 19.1 Å². The topological polar surface area (TPSA) is 101 Å². The molecule has 5 rings (SSSR count). The molecule has 0 aliphatic heterocycles. The number of aryl methyl sites for hydroxylation is 2. The number of halogens is 2. The van der Waals surface area contributed by atoms with Crippen molar-refractivity contribution in [3.05, 3.63) is 76.7 Å². The summed E-state index contributed by atoms with van der Waals surface area (Å²) in [5.41, 5.74) is 3.64. The van der Waals surface area contributed by atoms with E-state index in [1.165, 1.54) is 12.3 Å². The molecule has 1 aromatic carbocycles. The van der Waals surface area contributed by atoms with Crippen molar-refractivity contribution in [3.8, 4) is 11.3 Å². The number of rotatable bonds is 9. The van der Waals surface area contributed by atoms with Gasteiger partial charge in [0.25, 0.3) is 6.43 Å². The van der Waals surface area contributed by atoms with Gasteiger partial charge in [-0.05, 0) is 77.4 Å². The van der Waals surface area contributed by atoms with Crippen LogP contribution in [0.15, 0.2) is 48.7 Å². The summed E-state index contributed by atoms with van der Waals surface area (Å²) in [5.74, 6) is 0.00495. The molecule has 0 bridgehead atoms. The minimum Gasteiger partial charge on any atom is -0.351 e. The summed E-state index contributed by atoms with van der Waals surface area (Å²) in [6, 6.07) is 12.7. The van der Waals surface area contributed by atoms with Crippen LogP contribution in [0.1, 0.15) is 60.2 Å². The van der Waals surface area contributed by atoms with E-state index >= 15 is 0 Å². The minimum absolute atomic E-state index is 0.0894.